The van der Waals surface area contributed by atoms with E-state index in [4.69, 9.17) is 9.84 Å². The van der Waals surface area contributed by atoms with Gasteiger partial charge in [-0.3, -0.25) is 9.58 Å². The summed E-state index contributed by atoms with van der Waals surface area (Å²) in [5, 5.41) is 4.80. The fourth-order valence-corrected chi connectivity index (χ4v) is 5.03. The van der Waals surface area contributed by atoms with Gasteiger partial charge in [-0.15, -0.1) is 0 Å². The Morgan fingerprint density at radius 2 is 1.71 bits per heavy atom. The maximum absolute atomic E-state index is 5.34. The molecule has 0 N–H and O–H groups in total. The van der Waals surface area contributed by atoms with Crippen molar-refractivity contribution in [3.05, 3.63) is 41.6 Å². The first kappa shape index (κ1) is 19.7. The molecular formula is C24H35N3O. The Morgan fingerprint density at radius 3 is 2.39 bits per heavy atom. The van der Waals surface area contributed by atoms with E-state index in [9.17, 15) is 0 Å². The van der Waals surface area contributed by atoms with Crippen molar-refractivity contribution in [3.8, 4) is 11.3 Å². The molecule has 2 fully saturated rings. The van der Waals surface area contributed by atoms with Gasteiger partial charge in [0.05, 0.1) is 5.69 Å². The normalized spacial score (nSPS) is 19.9. The maximum atomic E-state index is 5.34. The lowest BCUT2D eigenvalue weighted by molar-refractivity contribution is 0.0969. The SMILES string of the molecule is COCC1CCN(Cc2cn(C)nc2-c2ccc(C3CCCCC3)cc2)CC1. The molecule has 0 bridgehead atoms. The van der Waals surface area contributed by atoms with E-state index < -0.39 is 0 Å². The molecule has 1 saturated carbocycles. The molecule has 0 unspecified atom stereocenters. The standard InChI is InChI=1S/C24H35N3O/c1-26-16-23(17-27-14-12-19(13-15-27)18-28-2)24(25-26)22-10-8-21(9-11-22)20-6-4-3-5-7-20/h8-11,16,19-20H,3-7,12-15,17-18H2,1-2H3. The van der Waals surface area contributed by atoms with Crippen LogP contribution in [0, 0.1) is 5.92 Å². The van der Waals surface area contributed by atoms with Gasteiger partial charge in [-0.2, -0.15) is 5.10 Å². The summed E-state index contributed by atoms with van der Waals surface area (Å²) in [7, 11) is 3.85. The van der Waals surface area contributed by atoms with Crippen molar-refractivity contribution in [1.29, 1.82) is 0 Å². The Hall–Kier alpha value is -1.65. The van der Waals surface area contributed by atoms with E-state index in [1.54, 1.807) is 0 Å². The number of hydrogen-bond acceptors (Lipinski definition) is 3. The minimum atomic E-state index is 0.724. The lowest BCUT2D eigenvalue weighted by Gasteiger charge is -2.31. The molecule has 2 heterocycles. The summed E-state index contributed by atoms with van der Waals surface area (Å²) in [5.74, 6) is 1.49. The van der Waals surface area contributed by atoms with E-state index >= 15 is 0 Å². The summed E-state index contributed by atoms with van der Waals surface area (Å²) in [6.07, 6.45) is 11.6. The summed E-state index contributed by atoms with van der Waals surface area (Å²) in [6, 6.07) is 9.28. The maximum Gasteiger partial charge on any atom is 0.0968 e. The number of aryl methyl sites for hydroxylation is 1. The van der Waals surface area contributed by atoms with Crippen LogP contribution in [0.3, 0.4) is 0 Å². The molecule has 4 rings (SSSR count). The number of ether oxygens (including phenoxy) is 1. The molecule has 1 aromatic carbocycles. The summed E-state index contributed by atoms with van der Waals surface area (Å²) in [4.78, 5) is 2.57. The minimum Gasteiger partial charge on any atom is -0.384 e. The Bertz CT molecular complexity index is 738. The highest BCUT2D eigenvalue weighted by Crippen LogP contribution is 2.34. The second-order valence-corrected chi connectivity index (χ2v) is 8.81. The van der Waals surface area contributed by atoms with E-state index in [2.05, 4.69) is 35.4 Å². The molecule has 0 radical (unpaired) electrons. The summed E-state index contributed by atoms with van der Waals surface area (Å²) >= 11 is 0. The van der Waals surface area contributed by atoms with Gasteiger partial charge in [0, 0.05) is 44.6 Å². The van der Waals surface area contributed by atoms with Gasteiger partial charge in [-0.25, -0.2) is 0 Å². The Labute approximate surface area is 169 Å². The second kappa shape index (κ2) is 9.23. The van der Waals surface area contributed by atoms with Gasteiger partial charge in [0.25, 0.3) is 0 Å². The van der Waals surface area contributed by atoms with Crippen LogP contribution in [0.5, 0.6) is 0 Å². The smallest absolute Gasteiger partial charge is 0.0968 e. The predicted octanol–water partition coefficient (Wildman–Crippen LogP) is 4.99. The monoisotopic (exact) mass is 381 g/mol. The fourth-order valence-electron chi connectivity index (χ4n) is 5.03. The third-order valence-corrected chi connectivity index (χ3v) is 6.67. The summed E-state index contributed by atoms with van der Waals surface area (Å²) < 4.78 is 7.31. The number of methoxy groups -OCH3 is 1. The zero-order chi connectivity index (χ0) is 19.3. The van der Waals surface area contributed by atoms with Crippen LogP contribution in [-0.2, 0) is 18.3 Å². The molecule has 1 aliphatic carbocycles. The lowest BCUT2D eigenvalue weighted by atomic mass is 9.84. The fraction of sp³-hybridized carbons (Fsp3) is 0.625. The highest BCUT2D eigenvalue weighted by atomic mass is 16.5. The topological polar surface area (TPSA) is 30.3 Å². The third kappa shape index (κ3) is 4.66. The van der Waals surface area contributed by atoms with Crippen molar-refractivity contribution in [2.75, 3.05) is 26.8 Å². The van der Waals surface area contributed by atoms with E-state index in [0.717, 1.165) is 43.8 Å². The van der Waals surface area contributed by atoms with Gasteiger partial charge < -0.3 is 4.74 Å². The van der Waals surface area contributed by atoms with Crippen LogP contribution < -0.4 is 0 Å². The average Bonchev–Trinajstić information content (AvgIpc) is 3.10. The molecule has 4 nitrogen and oxygen atoms in total. The summed E-state index contributed by atoms with van der Waals surface area (Å²) in [6.45, 7) is 4.21. The molecule has 0 spiro atoms. The number of likely N-dealkylation sites (tertiary alicyclic amines) is 1. The summed E-state index contributed by atoms with van der Waals surface area (Å²) in [5.41, 5.74) is 5.26. The third-order valence-electron chi connectivity index (χ3n) is 6.67. The highest BCUT2D eigenvalue weighted by molar-refractivity contribution is 5.63. The minimum absolute atomic E-state index is 0.724. The van der Waals surface area contributed by atoms with Crippen molar-refractivity contribution >= 4 is 0 Å². The second-order valence-electron chi connectivity index (χ2n) is 8.81. The van der Waals surface area contributed by atoms with Gasteiger partial charge >= 0.3 is 0 Å². The van der Waals surface area contributed by atoms with Crippen molar-refractivity contribution in [1.82, 2.24) is 14.7 Å². The number of aromatic nitrogens is 2. The molecule has 152 valence electrons. The van der Waals surface area contributed by atoms with Gasteiger partial charge in [-0.1, -0.05) is 43.5 Å². The van der Waals surface area contributed by atoms with Crippen molar-refractivity contribution in [2.45, 2.75) is 57.4 Å². The number of hydrogen-bond donors (Lipinski definition) is 0. The molecular weight excluding hydrogens is 346 g/mol. The van der Waals surface area contributed by atoms with Gasteiger partial charge in [0.1, 0.15) is 0 Å². The quantitative estimate of drug-likeness (QED) is 0.706. The van der Waals surface area contributed by atoms with Crippen LogP contribution in [0.1, 0.15) is 62.0 Å². The first-order chi connectivity index (χ1) is 13.7. The Balaban J connectivity index is 1.44. The first-order valence-electron chi connectivity index (χ1n) is 11.1. The van der Waals surface area contributed by atoms with Gasteiger partial charge in [-0.05, 0) is 56.2 Å². The van der Waals surface area contributed by atoms with Crippen molar-refractivity contribution < 1.29 is 4.74 Å². The number of benzene rings is 1. The molecule has 28 heavy (non-hydrogen) atoms. The zero-order valence-corrected chi connectivity index (χ0v) is 17.6. The van der Waals surface area contributed by atoms with Crippen LogP contribution in [0.15, 0.2) is 30.5 Å². The van der Waals surface area contributed by atoms with Gasteiger partial charge in [0.15, 0.2) is 0 Å². The molecule has 2 aromatic rings. The van der Waals surface area contributed by atoms with Gasteiger partial charge in [0.2, 0.25) is 0 Å². The predicted molar refractivity (Wildman–Crippen MR) is 114 cm³/mol. The zero-order valence-electron chi connectivity index (χ0n) is 17.6. The van der Waals surface area contributed by atoms with E-state index in [-0.39, 0.29) is 0 Å². The van der Waals surface area contributed by atoms with Crippen LogP contribution >= 0.6 is 0 Å². The molecule has 0 atom stereocenters. The van der Waals surface area contributed by atoms with Crippen molar-refractivity contribution in [2.24, 2.45) is 13.0 Å². The molecule has 4 heteroatoms. The molecule has 1 aliphatic heterocycles. The van der Waals surface area contributed by atoms with Crippen LogP contribution in [0.4, 0.5) is 0 Å². The molecule has 1 saturated heterocycles. The average molecular weight is 382 g/mol. The van der Waals surface area contributed by atoms with E-state index in [0.29, 0.717) is 0 Å². The lowest BCUT2D eigenvalue weighted by Crippen LogP contribution is -2.34. The largest absolute Gasteiger partial charge is 0.384 e. The number of rotatable bonds is 6. The Kier molecular flexibility index (Phi) is 6.48. The number of piperidine rings is 1. The van der Waals surface area contributed by atoms with E-state index in [1.165, 1.54) is 61.6 Å². The van der Waals surface area contributed by atoms with Crippen molar-refractivity contribution in [3.63, 3.8) is 0 Å². The van der Waals surface area contributed by atoms with Crippen LogP contribution in [0.2, 0.25) is 0 Å². The Morgan fingerprint density at radius 1 is 1.00 bits per heavy atom. The van der Waals surface area contributed by atoms with Crippen LogP contribution in [-0.4, -0.2) is 41.5 Å². The van der Waals surface area contributed by atoms with E-state index in [1.807, 2.05) is 18.8 Å². The molecule has 0 amide bonds. The molecule has 2 aliphatic rings. The number of nitrogens with zero attached hydrogens (tertiary/aromatic N) is 3. The highest BCUT2D eigenvalue weighted by Gasteiger charge is 2.21. The molecule has 1 aromatic heterocycles. The first-order valence-corrected chi connectivity index (χ1v) is 11.1. The van der Waals surface area contributed by atoms with Crippen LogP contribution in [0.25, 0.3) is 11.3 Å².